The third-order valence-electron chi connectivity index (χ3n) is 5.48. The molecule has 0 aliphatic heterocycles. The summed E-state index contributed by atoms with van der Waals surface area (Å²) < 4.78 is 0. The molecule has 4 bridgehead atoms. The molecule has 0 unspecified atom stereocenters. The summed E-state index contributed by atoms with van der Waals surface area (Å²) in [6.45, 7) is 11.5. The molecule has 4 rings (SSSR count). The topological polar surface area (TPSA) is 3.24 Å². The Bertz CT molecular complexity index is 306. The molecule has 0 atom stereocenters. The Morgan fingerprint density at radius 1 is 1.18 bits per heavy atom. The van der Waals surface area contributed by atoms with Crippen LogP contribution in [-0.4, -0.2) is 17.0 Å². The van der Waals surface area contributed by atoms with Gasteiger partial charge in [0.15, 0.2) is 0 Å². The summed E-state index contributed by atoms with van der Waals surface area (Å²) in [7, 11) is 0. The molecular formula is C16H25N. The monoisotopic (exact) mass is 231 g/mol. The van der Waals surface area contributed by atoms with Gasteiger partial charge in [-0.05, 0) is 69.3 Å². The van der Waals surface area contributed by atoms with Gasteiger partial charge in [0.25, 0.3) is 0 Å². The molecule has 0 N–H and O–H groups in total. The highest BCUT2D eigenvalue weighted by molar-refractivity contribution is 5.18. The van der Waals surface area contributed by atoms with Crippen molar-refractivity contribution in [1.29, 1.82) is 0 Å². The summed E-state index contributed by atoms with van der Waals surface area (Å²) in [6.07, 6.45) is 10.7. The van der Waals surface area contributed by atoms with E-state index in [0.29, 0.717) is 5.54 Å². The molecule has 0 radical (unpaired) electrons. The van der Waals surface area contributed by atoms with Crippen LogP contribution < -0.4 is 0 Å². The van der Waals surface area contributed by atoms with E-state index in [9.17, 15) is 0 Å². The predicted octanol–water partition coefficient (Wildman–Crippen LogP) is 3.98. The lowest BCUT2D eigenvalue weighted by Gasteiger charge is -2.61. The summed E-state index contributed by atoms with van der Waals surface area (Å²) in [5, 5.41) is 0. The number of nitrogens with zero attached hydrogens (tertiary/aromatic N) is 1. The number of rotatable bonds is 4. The van der Waals surface area contributed by atoms with Crippen LogP contribution in [0.4, 0.5) is 0 Å². The first-order chi connectivity index (χ1) is 8.16. The minimum atomic E-state index is 0.453. The van der Waals surface area contributed by atoms with Gasteiger partial charge in [0.2, 0.25) is 0 Å². The molecule has 4 aliphatic rings. The highest BCUT2D eigenvalue weighted by atomic mass is 15.2. The third-order valence-corrected chi connectivity index (χ3v) is 5.48. The fourth-order valence-corrected chi connectivity index (χ4v) is 5.35. The van der Waals surface area contributed by atoms with Gasteiger partial charge < -0.3 is 4.90 Å². The molecule has 94 valence electrons. The van der Waals surface area contributed by atoms with Crippen LogP contribution in [-0.2, 0) is 0 Å². The number of likely N-dealkylation sites (N-methyl/N-ethyl adjacent to an activating group) is 1. The Morgan fingerprint density at radius 3 is 2.00 bits per heavy atom. The van der Waals surface area contributed by atoms with Crippen molar-refractivity contribution in [3.8, 4) is 0 Å². The zero-order valence-corrected chi connectivity index (χ0v) is 11.1. The lowest BCUT2D eigenvalue weighted by atomic mass is 9.52. The van der Waals surface area contributed by atoms with Crippen LogP contribution in [0.15, 0.2) is 24.9 Å². The van der Waals surface area contributed by atoms with E-state index in [1.807, 2.05) is 6.08 Å². The Morgan fingerprint density at radius 2 is 1.65 bits per heavy atom. The molecule has 4 fully saturated rings. The summed E-state index contributed by atoms with van der Waals surface area (Å²) in [5.74, 6) is 3.02. The summed E-state index contributed by atoms with van der Waals surface area (Å²) in [6, 6.07) is 0. The van der Waals surface area contributed by atoms with Gasteiger partial charge in [-0.25, -0.2) is 0 Å². The van der Waals surface area contributed by atoms with Crippen LogP contribution in [0, 0.1) is 17.8 Å². The van der Waals surface area contributed by atoms with Crippen LogP contribution in [0.1, 0.15) is 45.4 Å². The van der Waals surface area contributed by atoms with E-state index in [1.165, 1.54) is 38.5 Å². The van der Waals surface area contributed by atoms with E-state index >= 15 is 0 Å². The fourth-order valence-electron chi connectivity index (χ4n) is 5.35. The van der Waals surface area contributed by atoms with Crippen LogP contribution in [0.2, 0.25) is 0 Å². The molecule has 17 heavy (non-hydrogen) atoms. The van der Waals surface area contributed by atoms with Crippen molar-refractivity contribution in [3.63, 3.8) is 0 Å². The van der Waals surface area contributed by atoms with Gasteiger partial charge in [0.1, 0.15) is 0 Å². The van der Waals surface area contributed by atoms with E-state index < -0.39 is 0 Å². The van der Waals surface area contributed by atoms with Crippen molar-refractivity contribution in [2.45, 2.75) is 51.0 Å². The van der Waals surface area contributed by atoms with Gasteiger partial charge in [-0.2, -0.15) is 0 Å². The van der Waals surface area contributed by atoms with Crippen molar-refractivity contribution >= 4 is 0 Å². The molecule has 1 nitrogen and oxygen atoms in total. The van der Waals surface area contributed by atoms with Crippen LogP contribution in [0.5, 0.6) is 0 Å². The molecule has 0 aromatic carbocycles. The molecule has 4 aliphatic carbocycles. The molecule has 0 heterocycles. The molecule has 4 saturated carbocycles. The minimum absolute atomic E-state index is 0.453. The highest BCUT2D eigenvalue weighted by Crippen LogP contribution is 2.58. The van der Waals surface area contributed by atoms with Crippen molar-refractivity contribution in [1.82, 2.24) is 4.90 Å². The standard InChI is InChI=1S/C16H25N/c1-4-12(3)17(5-2)16-9-13-6-14(10-16)8-15(7-13)11-16/h4,13-15H,1,3,5-11H2,2H3. The van der Waals surface area contributed by atoms with Crippen LogP contribution >= 0.6 is 0 Å². The van der Waals surface area contributed by atoms with Gasteiger partial charge in [-0.3, -0.25) is 0 Å². The second-order valence-electron chi connectivity index (χ2n) is 6.58. The van der Waals surface area contributed by atoms with E-state index in [1.54, 1.807) is 0 Å². The van der Waals surface area contributed by atoms with Gasteiger partial charge in [-0.1, -0.05) is 13.2 Å². The lowest BCUT2D eigenvalue weighted by Crippen LogP contribution is -2.59. The SMILES string of the molecule is C=CC(=C)N(CC)C12CC3CC(CC(C3)C1)C2. The second kappa shape index (κ2) is 3.90. The van der Waals surface area contributed by atoms with Gasteiger partial charge in [0, 0.05) is 17.8 Å². The summed E-state index contributed by atoms with van der Waals surface area (Å²) in [5.41, 5.74) is 1.60. The largest absolute Gasteiger partial charge is 0.367 e. The molecular weight excluding hydrogens is 206 g/mol. The molecule has 0 spiro atoms. The van der Waals surface area contributed by atoms with Crippen molar-refractivity contribution in [3.05, 3.63) is 24.9 Å². The van der Waals surface area contributed by atoms with Gasteiger partial charge in [0.05, 0.1) is 0 Å². The van der Waals surface area contributed by atoms with E-state index in [4.69, 9.17) is 0 Å². The van der Waals surface area contributed by atoms with Crippen molar-refractivity contribution < 1.29 is 0 Å². The lowest BCUT2D eigenvalue weighted by molar-refractivity contribution is -0.0721. The molecule has 1 heteroatoms. The molecule has 0 aromatic heterocycles. The van der Waals surface area contributed by atoms with E-state index in [-0.39, 0.29) is 0 Å². The smallest absolute Gasteiger partial charge is 0.0409 e. The van der Waals surface area contributed by atoms with Crippen LogP contribution in [0.25, 0.3) is 0 Å². The van der Waals surface area contributed by atoms with Gasteiger partial charge >= 0.3 is 0 Å². The number of hydrogen-bond acceptors (Lipinski definition) is 1. The molecule has 0 amide bonds. The van der Waals surface area contributed by atoms with Crippen molar-refractivity contribution in [2.75, 3.05) is 6.54 Å². The predicted molar refractivity (Wildman–Crippen MR) is 72.6 cm³/mol. The summed E-state index contributed by atoms with van der Waals surface area (Å²) >= 11 is 0. The Kier molecular flexibility index (Phi) is 2.61. The molecule has 0 saturated heterocycles. The summed E-state index contributed by atoms with van der Waals surface area (Å²) in [4.78, 5) is 2.57. The Labute approximate surface area is 106 Å². The maximum Gasteiger partial charge on any atom is 0.0409 e. The van der Waals surface area contributed by atoms with Gasteiger partial charge in [-0.15, -0.1) is 0 Å². The minimum Gasteiger partial charge on any atom is -0.367 e. The quantitative estimate of drug-likeness (QED) is 0.662. The normalized spacial score (nSPS) is 42.5. The number of hydrogen-bond donors (Lipinski definition) is 0. The first-order valence-electron chi connectivity index (χ1n) is 7.26. The van der Waals surface area contributed by atoms with Crippen LogP contribution in [0.3, 0.4) is 0 Å². The first kappa shape index (κ1) is 11.4. The maximum atomic E-state index is 4.21. The van der Waals surface area contributed by atoms with Crippen molar-refractivity contribution in [2.24, 2.45) is 17.8 Å². The molecule has 0 aromatic rings. The Balaban J connectivity index is 1.89. The third kappa shape index (κ3) is 1.66. The Hall–Kier alpha value is -0.720. The second-order valence-corrected chi connectivity index (χ2v) is 6.58. The zero-order valence-electron chi connectivity index (χ0n) is 11.1. The zero-order chi connectivity index (χ0) is 12.0. The van der Waals surface area contributed by atoms with E-state index in [2.05, 4.69) is 25.0 Å². The average molecular weight is 231 g/mol. The first-order valence-corrected chi connectivity index (χ1v) is 7.26. The highest BCUT2D eigenvalue weighted by Gasteiger charge is 2.53. The number of allylic oxidation sites excluding steroid dienone is 1. The maximum absolute atomic E-state index is 4.21. The van der Waals surface area contributed by atoms with E-state index in [0.717, 1.165) is 30.0 Å². The average Bonchev–Trinajstić information content (AvgIpc) is 2.27. The fraction of sp³-hybridized carbons (Fsp3) is 0.750.